The van der Waals surface area contributed by atoms with Crippen LogP contribution >= 0.6 is 11.3 Å². The zero-order valence-electron chi connectivity index (χ0n) is 12.7. The van der Waals surface area contributed by atoms with E-state index < -0.39 is 0 Å². The summed E-state index contributed by atoms with van der Waals surface area (Å²) in [6.45, 7) is 7.47. The average Bonchev–Trinajstić information content (AvgIpc) is 3.15. The largest absolute Gasteiger partial charge is 0.444 e. The molecule has 0 amide bonds. The van der Waals surface area contributed by atoms with E-state index in [0.29, 0.717) is 6.10 Å². The SMILES string of the molecule is Cc1nc(CN(Cc2cccs2)C[C@H]2CCCO2)oc1C. The molecule has 0 aromatic carbocycles. The Bertz CT molecular complexity index is 539. The first-order valence-corrected chi connectivity index (χ1v) is 8.38. The predicted octanol–water partition coefficient (Wildman–Crippen LogP) is 3.53. The highest BCUT2D eigenvalue weighted by molar-refractivity contribution is 7.09. The van der Waals surface area contributed by atoms with Gasteiger partial charge in [0.1, 0.15) is 5.76 Å². The molecule has 2 aromatic heterocycles. The van der Waals surface area contributed by atoms with Gasteiger partial charge in [0, 0.05) is 24.6 Å². The second kappa shape index (κ2) is 6.73. The van der Waals surface area contributed by atoms with Gasteiger partial charge in [0.2, 0.25) is 5.89 Å². The van der Waals surface area contributed by atoms with Crippen LogP contribution in [-0.2, 0) is 17.8 Å². The number of aryl methyl sites for hydroxylation is 2. The van der Waals surface area contributed by atoms with E-state index in [4.69, 9.17) is 9.15 Å². The Balaban J connectivity index is 1.67. The van der Waals surface area contributed by atoms with Crippen LogP contribution < -0.4 is 0 Å². The fraction of sp³-hybridized carbons (Fsp3) is 0.562. The molecule has 0 spiro atoms. The van der Waals surface area contributed by atoms with E-state index >= 15 is 0 Å². The van der Waals surface area contributed by atoms with Gasteiger partial charge >= 0.3 is 0 Å². The molecule has 114 valence electrons. The topological polar surface area (TPSA) is 38.5 Å². The molecule has 0 unspecified atom stereocenters. The lowest BCUT2D eigenvalue weighted by Gasteiger charge is -2.23. The van der Waals surface area contributed by atoms with E-state index in [9.17, 15) is 0 Å². The molecule has 1 saturated heterocycles. The molecular weight excluding hydrogens is 284 g/mol. The number of hydrogen-bond acceptors (Lipinski definition) is 5. The van der Waals surface area contributed by atoms with Crippen molar-refractivity contribution in [3.05, 3.63) is 39.7 Å². The fourth-order valence-electron chi connectivity index (χ4n) is 2.68. The summed E-state index contributed by atoms with van der Waals surface area (Å²) in [6, 6.07) is 4.28. The van der Waals surface area contributed by atoms with Gasteiger partial charge in [-0.05, 0) is 38.1 Å². The monoisotopic (exact) mass is 306 g/mol. The first-order chi connectivity index (χ1) is 10.2. The first-order valence-electron chi connectivity index (χ1n) is 7.50. The predicted molar refractivity (Wildman–Crippen MR) is 83.4 cm³/mol. The van der Waals surface area contributed by atoms with E-state index in [1.54, 1.807) is 11.3 Å². The van der Waals surface area contributed by atoms with Crippen molar-refractivity contribution >= 4 is 11.3 Å². The van der Waals surface area contributed by atoms with Gasteiger partial charge in [0.15, 0.2) is 0 Å². The maximum Gasteiger partial charge on any atom is 0.208 e. The molecule has 2 aromatic rings. The number of hydrogen-bond donors (Lipinski definition) is 0. The van der Waals surface area contributed by atoms with Crippen molar-refractivity contribution in [2.45, 2.75) is 45.9 Å². The highest BCUT2D eigenvalue weighted by Crippen LogP contribution is 2.19. The Hall–Kier alpha value is -1.17. The molecule has 1 atom stereocenters. The zero-order chi connectivity index (χ0) is 14.7. The Labute approximate surface area is 129 Å². The minimum atomic E-state index is 0.349. The van der Waals surface area contributed by atoms with Crippen molar-refractivity contribution in [2.75, 3.05) is 13.2 Å². The summed E-state index contributed by atoms with van der Waals surface area (Å²) in [4.78, 5) is 8.26. The summed E-state index contributed by atoms with van der Waals surface area (Å²) in [6.07, 6.45) is 2.68. The van der Waals surface area contributed by atoms with Crippen LogP contribution in [0.3, 0.4) is 0 Å². The van der Waals surface area contributed by atoms with Gasteiger partial charge in [-0.3, -0.25) is 4.90 Å². The standard InChI is InChI=1S/C16H22N2O2S/c1-12-13(2)20-16(17-12)11-18(9-14-5-3-7-19-14)10-15-6-4-8-21-15/h4,6,8,14H,3,5,7,9-11H2,1-2H3/t14-/m1/s1. The molecule has 1 aliphatic heterocycles. The Morgan fingerprint density at radius 1 is 1.38 bits per heavy atom. The molecule has 5 heteroatoms. The third-order valence-electron chi connectivity index (χ3n) is 3.88. The average molecular weight is 306 g/mol. The molecular formula is C16H22N2O2S. The molecule has 3 rings (SSSR count). The summed E-state index contributed by atoms with van der Waals surface area (Å²) in [7, 11) is 0. The lowest BCUT2D eigenvalue weighted by Crippen LogP contribution is -2.31. The minimum absolute atomic E-state index is 0.349. The van der Waals surface area contributed by atoms with Crippen LogP contribution in [-0.4, -0.2) is 29.1 Å². The van der Waals surface area contributed by atoms with E-state index in [0.717, 1.165) is 50.0 Å². The van der Waals surface area contributed by atoms with Crippen molar-refractivity contribution in [1.29, 1.82) is 0 Å². The smallest absolute Gasteiger partial charge is 0.208 e. The van der Waals surface area contributed by atoms with E-state index in [1.165, 1.54) is 11.3 Å². The van der Waals surface area contributed by atoms with Crippen LogP contribution in [0.1, 0.15) is 35.1 Å². The Morgan fingerprint density at radius 3 is 2.90 bits per heavy atom. The van der Waals surface area contributed by atoms with Gasteiger partial charge in [-0.25, -0.2) is 4.98 Å². The van der Waals surface area contributed by atoms with Gasteiger partial charge in [-0.15, -0.1) is 11.3 Å². The van der Waals surface area contributed by atoms with Crippen molar-refractivity contribution in [3.63, 3.8) is 0 Å². The number of nitrogens with zero attached hydrogens (tertiary/aromatic N) is 2. The second-order valence-corrected chi connectivity index (χ2v) is 6.67. The number of ether oxygens (including phenoxy) is 1. The van der Waals surface area contributed by atoms with Crippen LogP contribution in [0, 0.1) is 13.8 Å². The molecule has 0 radical (unpaired) electrons. The van der Waals surface area contributed by atoms with Crippen LogP contribution in [0.25, 0.3) is 0 Å². The molecule has 4 nitrogen and oxygen atoms in total. The maximum atomic E-state index is 5.78. The van der Waals surface area contributed by atoms with Crippen molar-refractivity contribution in [3.8, 4) is 0 Å². The Morgan fingerprint density at radius 2 is 2.29 bits per heavy atom. The van der Waals surface area contributed by atoms with Gasteiger partial charge in [0.05, 0.1) is 18.3 Å². The molecule has 0 saturated carbocycles. The maximum absolute atomic E-state index is 5.78. The fourth-order valence-corrected chi connectivity index (χ4v) is 3.43. The third-order valence-corrected chi connectivity index (χ3v) is 4.74. The second-order valence-electron chi connectivity index (χ2n) is 5.63. The van der Waals surface area contributed by atoms with E-state index in [1.807, 2.05) is 13.8 Å². The molecule has 3 heterocycles. The summed E-state index contributed by atoms with van der Waals surface area (Å²) in [5.74, 6) is 1.72. The molecule has 1 aliphatic rings. The highest BCUT2D eigenvalue weighted by atomic mass is 32.1. The lowest BCUT2D eigenvalue weighted by molar-refractivity contribution is 0.0651. The molecule has 1 fully saturated rings. The quantitative estimate of drug-likeness (QED) is 0.818. The molecule has 0 N–H and O–H groups in total. The zero-order valence-corrected chi connectivity index (χ0v) is 13.5. The van der Waals surface area contributed by atoms with Crippen molar-refractivity contribution < 1.29 is 9.15 Å². The van der Waals surface area contributed by atoms with Gasteiger partial charge in [0.25, 0.3) is 0 Å². The van der Waals surface area contributed by atoms with Gasteiger partial charge in [-0.2, -0.15) is 0 Å². The third kappa shape index (κ3) is 3.93. The molecule has 0 aliphatic carbocycles. The first kappa shape index (κ1) is 14.8. The van der Waals surface area contributed by atoms with Crippen molar-refractivity contribution in [2.24, 2.45) is 0 Å². The summed E-state index contributed by atoms with van der Waals surface area (Å²) in [5, 5.41) is 2.12. The van der Waals surface area contributed by atoms with Crippen LogP contribution in [0.15, 0.2) is 21.9 Å². The van der Waals surface area contributed by atoms with E-state index in [-0.39, 0.29) is 0 Å². The summed E-state index contributed by atoms with van der Waals surface area (Å²) >= 11 is 1.79. The van der Waals surface area contributed by atoms with E-state index in [2.05, 4.69) is 27.4 Å². The van der Waals surface area contributed by atoms with Crippen molar-refractivity contribution in [1.82, 2.24) is 9.88 Å². The van der Waals surface area contributed by atoms with Gasteiger partial charge < -0.3 is 9.15 Å². The molecule has 0 bridgehead atoms. The summed E-state index contributed by atoms with van der Waals surface area (Å²) in [5.41, 5.74) is 0.984. The van der Waals surface area contributed by atoms with Crippen LogP contribution in [0.5, 0.6) is 0 Å². The number of oxazole rings is 1. The lowest BCUT2D eigenvalue weighted by atomic mass is 10.2. The highest BCUT2D eigenvalue weighted by Gasteiger charge is 2.21. The number of thiophene rings is 1. The van der Waals surface area contributed by atoms with Crippen LogP contribution in [0.4, 0.5) is 0 Å². The molecule has 21 heavy (non-hydrogen) atoms. The Kier molecular flexibility index (Phi) is 4.73. The number of aromatic nitrogens is 1. The minimum Gasteiger partial charge on any atom is -0.444 e. The van der Waals surface area contributed by atoms with Crippen LogP contribution in [0.2, 0.25) is 0 Å². The normalized spacial score (nSPS) is 18.7. The number of rotatable bonds is 6. The van der Waals surface area contributed by atoms with Gasteiger partial charge in [-0.1, -0.05) is 6.07 Å². The summed E-state index contributed by atoms with van der Waals surface area (Å²) < 4.78 is 11.5.